The van der Waals surface area contributed by atoms with Gasteiger partial charge in [0.1, 0.15) is 17.1 Å². The minimum atomic E-state index is -0.295. The number of benzene rings is 5. The number of hydrogen-bond acceptors (Lipinski definition) is 3. The number of hydrogen-bond donors (Lipinski definition) is 0. The van der Waals surface area contributed by atoms with Gasteiger partial charge in [-0.05, 0) is 98.0 Å². The van der Waals surface area contributed by atoms with E-state index >= 15 is 0 Å². The van der Waals surface area contributed by atoms with Crippen molar-refractivity contribution in [3.8, 4) is 22.5 Å². The molecule has 55 heavy (non-hydrogen) atoms. The van der Waals surface area contributed by atoms with Crippen LogP contribution in [0.1, 0.15) is 76.1 Å². The molecule has 276 valence electrons. The maximum atomic E-state index is 6.79. The minimum Gasteiger partial charge on any atom is -0.512 e. The Morgan fingerprint density at radius 2 is 1.49 bits per heavy atom. The van der Waals surface area contributed by atoms with Crippen LogP contribution in [0.3, 0.4) is 0 Å². The molecular weight excluding hydrogens is 856 g/mol. The summed E-state index contributed by atoms with van der Waals surface area (Å²) in [4.78, 5) is 10.3. The van der Waals surface area contributed by atoms with Gasteiger partial charge in [-0.2, -0.15) is 6.07 Å². The Bertz CT molecular complexity index is 2880. The molecule has 0 amide bonds. The monoisotopic (exact) mass is 899 g/mol. The first-order chi connectivity index (χ1) is 25.9. The fourth-order valence-electron chi connectivity index (χ4n) is 9.00. The van der Waals surface area contributed by atoms with Gasteiger partial charge in [0.2, 0.25) is 0 Å². The van der Waals surface area contributed by atoms with Crippen LogP contribution in [0.4, 0.5) is 0 Å². The van der Waals surface area contributed by atoms with Crippen LogP contribution in [-0.4, -0.2) is 31.2 Å². The Kier molecular flexibility index (Phi) is 8.12. The second-order valence-electron chi connectivity index (χ2n) is 17.0. The van der Waals surface area contributed by atoms with Gasteiger partial charge in [0.25, 0.3) is 0 Å². The van der Waals surface area contributed by atoms with E-state index in [4.69, 9.17) is 14.7 Å². The number of ether oxygens (including phenoxy) is 1. The van der Waals surface area contributed by atoms with Crippen LogP contribution in [0, 0.1) is 26.0 Å². The molecule has 0 radical (unpaired) electrons. The van der Waals surface area contributed by atoms with Gasteiger partial charge in [-0.1, -0.05) is 98.6 Å². The van der Waals surface area contributed by atoms with Gasteiger partial charge < -0.3 is 13.9 Å². The average molecular weight is 900 g/mol. The van der Waals surface area contributed by atoms with Crippen molar-refractivity contribution in [1.29, 1.82) is 0 Å². The van der Waals surface area contributed by atoms with Crippen molar-refractivity contribution < 1.29 is 25.8 Å². The Labute approximate surface area is 337 Å². The fraction of sp³-hybridized carbons (Fsp3) is 0.265. The summed E-state index contributed by atoms with van der Waals surface area (Å²) >= 11 is 0. The van der Waals surface area contributed by atoms with Gasteiger partial charge >= 0.3 is 21.1 Å². The van der Waals surface area contributed by atoms with Gasteiger partial charge in [-0.25, -0.2) is 4.98 Å². The maximum absolute atomic E-state index is 6.79. The Morgan fingerprint density at radius 3 is 2.27 bits per heavy atom. The predicted molar refractivity (Wildman–Crippen MR) is 222 cm³/mol. The van der Waals surface area contributed by atoms with Crippen LogP contribution in [-0.2, 0) is 31.2 Å². The molecule has 0 spiro atoms. The molecule has 6 heteroatoms. The smallest absolute Gasteiger partial charge is 0.512 e. The van der Waals surface area contributed by atoms with E-state index in [9.17, 15) is 0 Å². The number of pyridine rings is 1. The quantitative estimate of drug-likeness (QED) is 0.165. The first kappa shape index (κ1) is 35.7. The van der Waals surface area contributed by atoms with Crippen LogP contribution >= 0.6 is 0 Å². The van der Waals surface area contributed by atoms with E-state index in [0.717, 1.165) is 74.7 Å². The standard InChI is InChI=1S/C49H44N4O.Pt/c1-30-16-18-41-38(23-30)39-24-31(2)43(53-42-19-17-33(32-13-9-8-10-14-32)27-40(42)37-15-11-22-50-45(37)53)29-44(39)52(41)36-26-34(25-35(28-36)47(3,4)5)46-51-48(6)20-12-21-49(48,7)54-46;/h8-11,13-19,22-25,27-28H,12,20-21H2,1-7H3;/q-2;+2/t48-,49+;/m1./s1. The van der Waals surface area contributed by atoms with Crippen LogP contribution in [0.5, 0.6) is 0 Å². The molecule has 0 bridgehead atoms. The van der Waals surface area contributed by atoms with Crippen molar-refractivity contribution in [2.45, 2.75) is 84.3 Å². The summed E-state index contributed by atoms with van der Waals surface area (Å²) in [6.07, 6.45) is 5.07. The maximum Gasteiger partial charge on any atom is 2.00 e. The van der Waals surface area contributed by atoms with E-state index in [-0.39, 0.29) is 37.6 Å². The first-order valence-corrected chi connectivity index (χ1v) is 19.2. The van der Waals surface area contributed by atoms with Crippen molar-refractivity contribution in [3.63, 3.8) is 0 Å². The summed E-state index contributed by atoms with van der Waals surface area (Å²) in [6, 6.07) is 43.0. The molecule has 2 atom stereocenters. The van der Waals surface area contributed by atoms with Crippen molar-refractivity contribution in [3.05, 3.63) is 138 Å². The zero-order valence-electron chi connectivity index (χ0n) is 32.4. The fourth-order valence-corrected chi connectivity index (χ4v) is 9.00. The number of fused-ring (bicyclic) bond motifs is 7. The molecule has 1 saturated carbocycles. The van der Waals surface area contributed by atoms with Gasteiger partial charge in [0.05, 0.1) is 11.1 Å². The van der Waals surface area contributed by atoms with E-state index in [2.05, 4.69) is 161 Å². The molecule has 2 aliphatic rings. The third-order valence-electron chi connectivity index (χ3n) is 12.3. The molecule has 10 rings (SSSR count). The molecule has 0 unspecified atom stereocenters. The molecule has 1 aliphatic carbocycles. The number of aromatic nitrogens is 3. The normalized spacial score (nSPS) is 19.6. The third kappa shape index (κ3) is 5.45. The largest absolute Gasteiger partial charge is 2.00 e. The van der Waals surface area contributed by atoms with Gasteiger partial charge in [0, 0.05) is 22.5 Å². The Balaban J connectivity index is 0.00000397. The molecule has 5 aromatic carbocycles. The zero-order valence-corrected chi connectivity index (χ0v) is 34.7. The molecule has 0 N–H and O–H groups in total. The van der Waals surface area contributed by atoms with Crippen LogP contribution in [0.2, 0.25) is 0 Å². The summed E-state index contributed by atoms with van der Waals surface area (Å²) in [5.74, 6) is 0.704. The number of aliphatic imine (C=N–C) groups is 1. The van der Waals surface area contributed by atoms with Crippen LogP contribution < -0.4 is 0 Å². The van der Waals surface area contributed by atoms with Gasteiger partial charge in [0.15, 0.2) is 0 Å². The molecular formula is C49H44N4OPt. The number of rotatable bonds is 4. The van der Waals surface area contributed by atoms with E-state index in [1.165, 1.54) is 33.0 Å². The summed E-state index contributed by atoms with van der Waals surface area (Å²) in [5.41, 5.74) is 12.3. The summed E-state index contributed by atoms with van der Waals surface area (Å²) in [7, 11) is 0. The summed E-state index contributed by atoms with van der Waals surface area (Å²) in [5, 5.41) is 4.65. The SMILES string of the molecule is Cc1ccc2c(c1)c1cc(C)c(-n3c4ccc(-c5ccccc5)cc4c4cccnc43)[c-]c1n2-c1[c-]c(C2=N[C@]3(C)CCC[C@]3(C)O2)cc(C(C)(C)C)c1.[Pt+2]. The van der Waals surface area contributed by atoms with E-state index < -0.39 is 0 Å². The van der Waals surface area contributed by atoms with Crippen molar-refractivity contribution in [1.82, 2.24) is 14.1 Å². The molecule has 3 aromatic heterocycles. The predicted octanol–water partition coefficient (Wildman–Crippen LogP) is 11.9. The van der Waals surface area contributed by atoms with Crippen molar-refractivity contribution >= 4 is 49.6 Å². The molecule has 4 heterocycles. The second kappa shape index (κ2) is 12.5. The Morgan fingerprint density at radius 1 is 0.727 bits per heavy atom. The average Bonchev–Trinajstić information content (AvgIpc) is 3.83. The molecule has 8 aromatic rings. The zero-order chi connectivity index (χ0) is 37.1. The first-order valence-electron chi connectivity index (χ1n) is 19.2. The van der Waals surface area contributed by atoms with E-state index in [0.29, 0.717) is 5.90 Å². The topological polar surface area (TPSA) is 44.3 Å². The summed E-state index contributed by atoms with van der Waals surface area (Å²) in [6.45, 7) is 15.6. The molecule has 5 nitrogen and oxygen atoms in total. The van der Waals surface area contributed by atoms with Gasteiger partial charge in [-0.15, -0.1) is 40.8 Å². The minimum absolute atomic E-state index is 0. The molecule has 1 aliphatic heterocycles. The van der Waals surface area contributed by atoms with Crippen molar-refractivity contribution in [2.24, 2.45) is 4.99 Å². The number of nitrogens with zero attached hydrogens (tertiary/aromatic N) is 4. The van der Waals surface area contributed by atoms with Crippen LogP contribution in [0.25, 0.3) is 66.2 Å². The molecule has 0 saturated heterocycles. The van der Waals surface area contributed by atoms with E-state index in [1.807, 2.05) is 12.3 Å². The molecule has 1 fully saturated rings. The Hall–Kier alpha value is -4.99. The second-order valence-corrected chi connectivity index (χ2v) is 17.0. The summed E-state index contributed by atoms with van der Waals surface area (Å²) < 4.78 is 11.4. The van der Waals surface area contributed by atoms with E-state index in [1.54, 1.807) is 0 Å². The van der Waals surface area contributed by atoms with Gasteiger partial charge in [-0.3, -0.25) is 4.99 Å². The third-order valence-corrected chi connectivity index (χ3v) is 12.3. The van der Waals surface area contributed by atoms with Crippen molar-refractivity contribution in [2.75, 3.05) is 0 Å². The van der Waals surface area contributed by atoms with Crippen LogP contribution in [0.15, 0.2) is 108 Å². The number of aryl methyl sites for hydroxylation is 2.